The molecule has 0 saturated heterocycles. The number of carbonyl (C=O) groups is 2. The maximum absolute atomic E-state index is 11.6. The number of amides is 1. The van der Waals surface area contributed by atoms with Crippen LogP contribution in [0.15, 0.2) is 6.20 Å². The molecule has 7 heteroatoms. The number of hydrogen-bond donors (Lipinski definition) is 3. The molecule has 0 aliphatic carbocycles. The van der Waals surface area contributed by atoms with Gasteiger partial charge in [-0.25, -0.2) is 4.79 Å². The second-order valence-electron chi connectivity index (χ2n) is 5.34. The van der Waals surface area contributed by atoms with Crippen LogP contribution >= 0.6 is 0 Å². The molecular formula is C12H20N4O3. The van der Waals surface area contributed by atoms with Crippen molar-refractivity contribution in [2.45, 2.75) is 32.9 Å². The Hall–Kier alpha value is -1.89. The lowest BCUT2D eigenvalue weighted by atomic mass is 10.1. The molecule has 0 fully saturated rings. The van der Waals surface area contributed by atoms with Crippen molar-refractivity contribution in [1.29, 1.82) is 0 Å². The van der Waals surface area contributed by atoms with E-state index in [-0.39, 0.29) is 30.1 Å². The quantitative estimate of drug-likeness (QED) is 0.705. The van der Waals surface area contributed by atoms with E-state index in [2.05, 4.69) is 15.7 Å². The summed E-state index contributed by atoms with van der Waals surface area (Å²) in [4.78, 5) is 22.5. The first-order valence-electron chi connectivity index (χ1n) is 5.96. The van der Waals surface area contributed by atoms with Crippen molar-refractivity contribution in [1.82, 2.24) is 20.4 Å². The topological polar surface area (TPSA) is 96.2 Å². The number of carboxylic acids is 1. The van der Waals surface area contributed by atoms with Gasteiger partial charge in [0.25, 0.3) is 0 Å². The highest BCUT2D eigenvalue weighted by atomic mass is 16.4. The van der Waals surface area contributed by atoms with Gasteiger partial charge in [-0.2, -0.15) is 5.10 Å². The third-order valence-electron chi connectivity index (χ3n) is 2.38. The number of hydrogen-bond acceptors (Lipinski definition) is 4. The Bertz CT molecular complexity index is 474. The molecule has 106 valence electrons. The van der Waals surface area contributed by atoms with Crippen LogP contribution in [-0.2, 0) is 18.4 Å². The van der Waals surface area contributed by atoms with Gasteiger partial charge in [0.2, 0.25) is 5.91 Å². The van der Waals surface area contributed by atoms with Crippen molar-refractivity contribution >= 4 is 11.9 Å². The predicted octanol–water partition coefficient (Wildman–Crippen LogP) is 0.123. The highest BCUT2D eigenvalue weighted by molar-refractivity contribution is 5.88. The molecule has 3 N–H and O–H groups in total. The molecule has 0 aromatic carbocycles. The van der Waals surface area contributed by atoms with Gasteiger partial charge in [-0.15, -0.1) is 0 Å². The summed E-state index contributed by atoms with van der Waals surface area (Å²) in [5, 5.41) is 18.6. The zero-order chi connectivity index (χ0) is 14.6. The average Bonchev–Trinajstić information content (AvgIpc) is 2.58. The number of carbonyl (C=O) groups excluding carboxylic acids is 1. The van der Waals surface area contributed by atoms with E-state index in [1.54, 1.807) is 7.05 Å². The van der Waals surface area contributed by atoms with Gasteiger partial charge in [0, 0.05) is 19.1 Å². The number of carboxylic acid groups (broad SMARTS) is 1. The maximum Gasteiger partial charge on any atom is 0.339 e. The highest BCUT2D eigenvalue weighted by Crippen LogP contribution is 2.06. The van der Waals surface area contributed by atoms with Crippen molar-refractivity contribution < 1.29 is 14.7 Å². The minimum Gasteiger partial charge on any atom is -0.478 e. The zero-order valence-electron chi connectivity index (χ0n) is 11.6. The van der Waals surface area contributed by atoms with Gasteiger partial charge in [0.05, 0.1) is 18.4 Å². The van der Waals surface area contributed by atoms with Crippen LogP contribution < -0.4 is 10.6 Å². The molecule has 0 radical (unpaired) electrons. The van der Waals surface area contributed by atoms with Crippen LogP contribution in [-0.4, -0.2) is 38.8 Å². The first kappa shape index (κ1) is 15.2. The lowest BCUT2D eigenvalue weighted by Crippen LogP contribution is -2.44. The molecule has 1 heterocycles. The molecular weight excluding hydrogens is 248 g/mol. The van der Waals surface area contributed by atoms with E-state index in [9.17, 15) is 9.59 Å². The fraction of sp³-hybridized carbons (Fsp3) is 0.583. The van der Waals surface area contributed by atoms with E-state index in [0.29, 0.717) is 5.69 Å². The molecule has 0 bridgehead atoms. The summed E-state index contributed by atoms with van der Waals surface area (Å²) >= 11 is 0. The van der Waals surface area contributed by atoms with Crippen LogP contribution in [0.3, 0.4) is 0 Å². The molecule has 0 aliphatic heterocycles. The number of nitrogens with one attached hydrogen (secondary N) is 2. The van der Waals surface area contributed by atoms with Gasteiger partial charge >= 0.3 is 5.97 Å². The molecule has 1 amide bonds. The number of rotatable bonds is 5. The van der Waals surface area contributed by atoms with E-state index in [1.165, 1.54) is 10.9 Å². The lowest BCUT2D eigenvalue weighted by molar-refractivity contribution is -0.121. The van der Waals surface area contributed by atoms with Crippen LogP contribution in [0.5, 0.6) is 0 Å². The van der Waals surface area contributed by atoms with E-state index < -0.39 is 5.97 Å². The van der Waals surface area contributed by atoms with Crippen LogP contribution in [0.25, 0.3) is 0 Å². The fourth-order valence-corrected chi connectivity index (χ4v) is 1.61. The molecule has 7 nitrogen and oxygen atoms in total. The maximum atomic E-state index is 11.6. The van der Waals surface area contributed by atoms with Gasteiger partial charge in [0.1, 0.15) is 5.56 Å². The van der Waals surface area contributed by atoms with Gasteiger partial charge in [-0.1, -0.05) is 0 Å². The Balaban J connectivity index is 2.52. The number of aryl methyl sites for hydroxylation is 1. The van der Waals surface area contributed by atoms with Crippen molar-refractivity contribution in [3.63, 3.8) is 0 Å². The minimum absolute atomic E-state index is 0.126. The molecule has 0 spiro atoms. The van der Waals surface area contributed by atoms with E-state index in [4.69, 9.17) is 5.11 Å². The van der Waals surface area contributed by atoms with Crippen molar-refractivity contribution in [2.24, 2.45) is 7.05 Å². The van der Waals surface area contributed by atoms with Crippen LogP contribution in [0.4, 0.5) is 0 Å². The first-order valence-corrected chi connectivity index (χ1v) is 5.96. The molecule has 0 atom stereocenters. The van der Waals surface area contributed by atoms with Gasteiger partial charge in [-0.05, 0) is 20.8 Å². The second-order valence-corrected chi connectivity index (χ2v) is 5.34. The molecule has 1 aromatic rings. The Morgan fingerprint density at radius 3 is 2.58 bits per heavy atom. The van der Waals surface area contributed by atoms with Crippen molar-refractivity contribution in [3.05, 3.63) is 17.5 Å². The minimum atomic E-state index is -1.02. The zero-order valence-corrected chi connectivity index (χ0v) is 11.6. The molecule has 0 unspecified atom stereocenters. The third-order valence-corrected chi connectivity index (χ3v) is 2.38. The summed E-state index contributed by atoms with van der Waals surface area (Å²) in [6, 6.07) is 0. The molecule has 0 aliphatic rings. The first-order chi connectivity index (χ1) is 8.70. The number of nitrogens with zero attached hydrogens (tertiary/aromatic N) is 2. The monoisotopic (exact) mass is 268 g/mol. The number of aromatic carboxylic acids is 1. The summed E-state index contributed by atoms with van der Waals surface area (Å²) in [6.45, 7) is 6.09. The average molecular weight is 268 g/mol. The largest absolute Gasteiger partial charge is 0.478 e. The van der Waals surface area contributed by atoms with Crippen molar-refractivity contribution in [2.75, 3.05) is 6.54 Å². The second kappa shape index (κ2) is 5.83. The molecule has 0 saturated carbocycles. The number of aromatic nitrogens is 2. The van der Waals surface area contributed by atoms with Gasteiger partial charge < -0.3 is 15.7 Å². The SMILES string of the molecule is Cn1ncc(C(=O)O)c1CNCC(=O)NC(C)(C)C. The van der Waals surface area contributed by atoms with Crippen LogP contribution in [0, 0.1) is 0 Å². The highest BCUT2D eigenvalue weighted by Gasteiger charge is 2.16. The summed E-state index contributed by atoms with van der Waals surface area (Å²) in [5.41, 5.74) is 0.402. The van der Waals surface area contributed by atoms with E-state index >= 15 is 0 Å². The lowest BCUT2D eigenvalue weighted by Gasteiger charge is -2.20. The fourth-order valence-electron chi connectivity index (χ4n) is 1.61. The van der Waals surface area contributed by atoms with E-state index in [0.717, 1.165) is 0 Å². The van der Waals surface area contributed by atoms with Crippen LogP contribution in [0.2, 0.25) is 0 Å². The molecule has 1 rings (SSSR count). The summed E-state index contributed by atoms with van der Waals surface area (Å²) in [7, 11) is 1.67. The Kier molecular flexibility index (Phi) is 4.66. The molecule has 1 aromatic heterocycles. The normalized spacial score (nSPS) is 11.4. The summed E-state index contributed by atoms with van der Waals surface area (Å²) in [5.74, 6) is -1.16. The smallest absolute Gasteiger partial charge is 0.339 e. The Morgan fingerprint density at radius 1 is 1.42 bits per heavy atom. The summed E-state index contributed by atoms with van der Waals surface area (Å²) in [6.07, 6.45) is 1.30. The van der Waals surface area contributed by atoms with E-state index in [1.807, 2.05) is 20.8 Å². The Labute approximate surface area is 112 Å². The predicted molar refractivity (Wildman–Crippen MR) is 69.8 cm³/mol. The third kappa shape index (κ3) is 4.70. The van der Waals surface area contributed by atoms with Crippen molar-refractivity contribution in [3.8, 4) is 0 Å². The van der Waals surface area contributed by atoms with Crippen LogP contribution in [0.1, 0.15) is 36.8 Å². The standard InChI is InChI=1S/C12H20N4O3/c1-12(2,3)15-10(17)7-13-6-9-8(11(18)19)5-14-16(9)4/h5,13H,6-7H2,1-4H3,(H,15,17)(H,18,19). The van der Waals surface area contributed by atoms with Gasteiger partial charge in [-0.3, -0.25) is 9.48 Å². The summed E-state index contributed by atoms with van der Waals surface area (Å²) < 4.78 is 1.48. The molecule has 19 heavy (non-hydrogen) atoms. The Morgan fingerprint density at radius 2 is 2.05 bits per heavy atom. The van der Waals surface area contributed by atoms with Gasteiger partial charge in [0.15, 0.2) is 0 Å².